The lowest BCUT2D eigenvalue weighted by Crippen LogP contribution is -2.14. The fraction of sp³-hybridized carbons (Fsp3) is 0.294. The van der Waals surface area contributed by atoms with Gasteiger partial charge in [0.25, 0.3) is 10.0 Å². The van der Waals surface area contributed by atoms with E-state index in [0.717, 1.165) is 31.1 Å². The molecule has 4 nitrogen and oxygen atoms in total. The first-order valence-corrected chi connectivity index (χ1v) is 9.03. The van der Waals surface area contributed by atoms with Crippen molar-refractivity contribution < 1.29 is 12.8 Å². The van der Waals surface area contributed by atoms with Gasteiger partial charge in [-0.2, -0.15) is 0 Å². The number of halogens is 1. The van der Waals surface area contributed by atoms with Gasteiger partial charge in [0.15, 0.2) is 0 Å². The molecule has 0 aliphatic rings. The predicted molar refractivity (Wildman–Crippen MR) is 91.8 cm³/mol. The van der Waals surface area contributed by atoms with Crippen molar-refractivity contribution in [2.45, 2.75) is 31.6 Å². The van der Waals surface area contributed by atoms with Crippen molar-refractivity contribution >= 4 is 21.4 Å². The van der Waals surface area contributed by atoms with E-state index >= 15 is 0 Å². The van der Waals surface area contributed by atoms with E-state index in [1.54, 1.807) is 19.1 Å². The van der Waals surface area contributed by atoms with E-state index in [1.165, 1.54) is 12.1 Å². The number of anilines is 2. The summed E-state index contributed by atoms with van der Waals surface area (Å²) in [6.07, 6.45) is 2.19. The monoisotopic (exact) mass is 336 g/mol. The lowest BCUT2D eigenvalue weighted by atomic mass is 10.2. The molecule has 0 saturated carbocycles. The summed E-state index contributed by atoms with van der Waals surface area (Å²) in [5, 5.41) is 3.26. The molecule has 2 aromatic carbocycles. The minimum atomic E-state index is -3.73. The molecule has 2 aromatic rings. The Hall–Kier alpha value is -2.08. The summed E-state index contributed by atoms with van der Waals surface area (Å²) in [6, 6.07) is 10.7. The van der Waals surface area contributed by atoms with Gasteiger partial charge < -0.3 is 5.32 Å². The van der Waals surface area contributed by atoms with Crippen molar-refractivity contribution in [1.29, 1.82) is 0 Å². The molecule has 124 valence electrons. The van der Waals surface area contributed by atoms with Crippen molar-refractivity contribution in [3.05, 3.63) is 53.8 Å². The lowest BCUT2D eigenvalue weighted by Gasteiger charge is -2.11. The van der Waals surface area contributed by atoms with Gasteiger partial charge in [-0.05, 0) is 61.4 Å². The van der Waals surface area contributed by atoms with Crippen molar-refractivity contribution in [2.24, 2.45) is 0 Å². The summed E-state index contributed by atoms with van der Waals surface area (Å²) in [5.41, 5.74) is 1.78. The van der Waals surface area contributed by atoms with E-state index in [-0.39, 0.29) is 4.90 Å². The number of hydrogen-bond acceptors (Lipinski definition) is 3. The van der Waals surface area contributed by atoms with Crippen molar-refractivity contribution in [2.75, 3.05) is 16.6 Å². The van der Waals surface area contributed by atoms with E-state index in [4.69, 9.17) is 0 Å². The van der Waals surface area contributed by atoms with E-state index in [0.29, 0.717) is 11.3 Å². The third kappa shape index (κ3) is 4.69. The molecule has 0 bridgehead atoms. The average Bonchev–Trinajstić information content (AvgIpc) is 2.48. The Morgan fingerprint density at radius 3 is 2.30 bits per heavy atom. The topological polar surface area (TPSA) is 58.2 Å². The largest absolute Gasteiger partial charge is 0.385 e. The molecule has 0 unspecified atom stereocenters. The first-order chi connectivity index (χ1) is 10.9. The van der Waals surface area contributed by atoms with Crippen LogP contribution in [-0.4, -0.2) is 15.0 Å². The van der Waals surface area contributed by atoms with Crippen LogP contribution >= 0.6 is 0 Å². The van der Waals surface area contributed by atoms with Crippen molar-refractivity contribution in [1.82, 2.24) is 0 Å². The van der Waals surface area contributed by atoms with Crippen LogP contribution in [0.25, 0.3) is 0 Å². The van der Waals surface area contributed by atoms with Crippen LogP contribution in [0, 0.1) is 12.7 Å². The summed E-state index contributed by atoms with van der Waals surface area (Å²) >= 11 is 0. The molecular formula is C17H21FN2O2S. The van der Waals surface area contributed by atoms with Gasteiger partial charge in [-0.3, -0.25) is 4.72 Å². The fourth-order valence-electron chi connectivity index (χ4n) is 2.19. The second-order valence-electron chi connectivity index (χ2n) is 5.37. The van der Waals surface area contributed by atoms with Crippen LogP contribution < -0.4 is 10.0 Å². The zero-order valence-corrected chi connectivity index (χ0v) is 14.1. The van der Waals surface area contributed by atoms with Gasteiger partial charge in [0.1, 0.15) is 5.82 Å². The first-order valence-electron chi connectivity index (χ1n) is 7.55. The predicted octanol–water partition coefficient (Wildman–Crippen LogP) is 4.15. The number of benzene rings is 2. The third-order valence-corrected chi connectivity index (χ3v) is 4.96. The fourth-order valence-corrected chi connectivity index (χ4v) is 3.48. The molecule has 0 amide bonds. The molecule has 0 heterocycles. The van der Waals surface area contributed by atoms with Crippen LogP contribution in [0.3, 0.4) is 0 Å². The number of nitrogens with one attached hydrogen (secondary N) is 2. The Bertz CT molecular complexity index is 759. The van der Waals surface area contributed by atoms with Gasteiger partial charge >= 0.3 is 0 Å². The van der Waals surface area contributed by atoms with Gasteiger partial charge in [-0.25, -0.2) is 12.8 Å². The molecule has 6 heteroatoms. The molecule has 0 saturated heterocycles. The molecule has 0 spiro atoms. The molecule has 0 aromatic heterocycles. The van der Waals surface area contributed by atoms with Gasteiger partial charge in [-0.15, -0.1) is 0 Å². The first kappa shape index (κ1) is 17.3. The van der Waals surface area contributed by atoms with Gasteiger partial charge in [0.2, 0.25) is 0 Å². The van der Waals surface area contributed by atoms with E-state index in [9.17, 15) is 12.8 Å². The van der Waals surface area contributed by atoms with Gasteiger partial charge in [0.05, 0.1) is 4.90 Å². The summed E-state index contributed by atoms with van der Waals surface area (Å²) < 4.78 is 40.4. The van der Waals surface area contributed by atoms with Gasteiger partial charge in [-0.1, -0.05) is 13.3 Å². The summed E-state index contributed by atoms with van der Waals surface area (Å²) in [5.74, 6) is -0.455. The maximum Gasteiger partial charge on any atom is 0.262 e. The van der Waals surface area contributed by atoms with Crippen molar-refractivity contribution in [3.8, 4) is 0 Å². The Morgan fingerprint density at radius 2 is 1.70 bits per heavy atom. The van der Waals surface area contributed by atoms with E-state index in [2.05, 4.69) is 17.0 Å². The minimum absolute atomic E-state index is 0.0732. The van der Waals surface area contributed by atoms with Crippen molar-refractivity contribution in [3.63, 3.8) is 0 Å². The highest BCUT2D eigenvalue weighted by molar-refractivity contribution is 7.92. The van der Waals surface area contributed by atoms with Gasteiger partial charge in [0, 0.05) is 17.9 Å². The van der Waals surface area contributed by atoms with E-state index in [1.807, 2.05) is 12.1 Å². The molecule has 0 aliphatic carbocycles. The Kier molecular flexibility index (Phi) is 5.60. The molecule has 2 rings (SSSR count). The lowest BCUT2D eigenvalue weighted by molar-refractivity contribution is 0.598. The highest BCUT2D eigenvalue weighted by Gasteiger charge is 2.17. The maximum atomic E-state index is 13.1. The zero-order chi connectivity index (χ0) is 16.9. The van der Waals surface area contributed by atoms with Crippen LogP contribution in [0.5, 0.6) is 0 Å². The molecular weight excluding hydrogens is 315 g/mol. The highest BCUT2D eigenvalue weighted by Crippen LogP contribution is 2.21. The maximum absolute atomic E-state index is 13.1. The summed E-state index contributed by atoms with van der Waals surface area (Å²) in [4.78, 5) is 0.0732. The molecule has 0 aliphatic heterocycles. The smallest absolute Gasteiger partial charge is 0.262 e. The second kappa shape index (κ2) is 7.46. The molecule has 0 radical (unpaired) electrons. The third-order valence-electron chi connectivity index (χ3n) is 3.42. The molecule has 2 N–H and O–H groups in total. The Morgan fingerprint density at radius 1 is 1.04 bits per heavy atom. The number of hydrogen-bond donors (Lipinski definition) is 2. The van der Waals surface area contributed by atoms with Crippen LogP contribution in [0.2, 0.25) is 0 Å². The normalized spacial score (nSPS) is 11.3. The molecule has 23 heavy (non-hydrogen) atoms. The average molecular weight is 336 g/mol. The number of unbranched alkanes of at least 4 members (excludes halogenated alkanes) is 1. The van der Waals surface area contributed by atoms with E-state index < -0.39 is 15.8 Å². The molecule has 0 atom stereocenters. The molecule has 0 fully saturated rings. The summed E-state index contributed by atoms with van der Waals surface area (Å²) in [7, 11) is -3.73. The second-order valence-corrected chi connectivity index (χ2v) is 7.02. The van der Waals surface area contributed by atoms with Crippen LogP contribution in [0.1, 0.15) is 25.3 Å². The number of rotatable bonds is 7. The summed E-state index contributed by atoms with van der Waals surface area (Å²) in [6.45, 7) is 4.58. The number of aryl methyl sites for hydroxylation is 1. The minimum Gasteiger partial charge on any atom is -0.385 e. The SMILES string of the molecule is CCCCNc1ccc(NS(=O)(=O)c2ccc(F)cc2C)cc1. The van der Waals surface area contributed by atoms with Crippen LogP contribution in [0.15, 0.2) is 47.4 Å². The zero-order valence-electron chi connectivity index (χ0n) is 13.3. The Labute approximate surface area is 136 Å². The standard InChI is InChI=1S/C17H21FN2O2S/c1-3-4-11-19-15-6-8-16(9-7-15)20-23(21,22)17-10-5-14(18)12-13(17)2/h5-10,12,19-20H,3-4,11H2,1-2H3. The number of sulfonamides is 1. The van der Waals surface area contributed by atoms with Crippen LogP contribution in [0.4, 0.5) is 15.8 Å². The Balaban J connectivity index is 2.11. The van der Waals surface area contributed by atoms with Crippen LogP contribution in [-0.2, 0) is 10.0 Å². The quantitative estimate of drug-likeness (QED) is 0.747. The highest BCUT2D eigenvalue weighted by atomic mass is 32.2.